The first-order valence-corrected chi connectivity index (χ1v) is 8.08. The van der Waals surface area contributed by atoms with Crippen molar-refractivity contribution < 1.29 is 9.53 Å². The van der Waals surface area contributed by atoms with Gasteiger partial charge in [-0.15, -0.1) is 0 Å². The van der Waals surface area contributed by atoms with E-state index in [0.717, 1.165) is 51.6 Å². The van der Waals surface area contributed by atoms with Gasteiger partial charge in [0.15, 0.2) is 0 Å². The van der Waals surface area contributed by atoms with Crippen LogP contribution in [0.1, 0.15) is 65.2 Å². The van der Waals surface area contributed by atoms with Gasteiger partial charge in [0.25, 0.3) is 0 Å². The Labute approximate surface area is 117 Å². The van der Waals surface area contributed by atoms with E-state index < -0.39 is 0 Å². The molecule has 110 valence electrons. The van der Waals surface area contributed by atoms with E-state index in [-0.39, 0.29) is 17.5 Å². The molecule has 1 aliphatic carbocycles. The van der Waals surface area contributed by atoms with Crippen molar-refractivity contribution in [3.8, 4) is 0 Å². The van der Waals surface area contributed by atoms with Crippen molar-refractivity contribution in [2.75, 3.05) is 13.1 Å². The van der Waals surface area contributed by atoms with Crippen LogP contribution in [0.5, 0.6) is 0 Å². The monoisotopic (exact) mass is 267 g/mol. The smallest absolute Gasteiger partial charge is 0.313 e. The van der Waals surface area contributed by atoms with E-state index in [1.54, 1.807) is 0 Å². The van der Waals surface area contributed by atoms with Gasteiger partial charge in [-0.2, -0.15) is 0 Å². The Hall–Kier alpha value is -0.570. The van der Waals surface area contributed by atoms with Crippen LogP contribution in [0.3, 0.4) is 0 Å². The molecule has 0 radical (unpaired) electrons. The van der Waals surface area contributed by atoms with Gasteiger partial charge in [-0.05, 0) is 51.0 Å². The van der Waals surface area contributed by atoms with Crippen LogP contribution in [0.4, 0.5) is 0 Å². The lowest BCUT2D eigenvalue weighted by Gasteiger charge is -2.37. The molecule has 2 aliphatic rings. The summed E-state index contributed by atoms with van der Waals surface area (Å²) in [5, 5.41) is 3.39. The lowest BCUT2D eigenvalue weighted by Crippen LogP contribution is -2.47. The van der Waals surface area contributed by atoms with E-state index in [4.69, 9.17) is 4.74 Å². The third-order valence-corrected chi connectivity index (χ3v) is 4.80. The lowest BCUT2D eigenvalue weighted by atomic mass is 9.77. The van der Waals surface area contributed by atoms with Crippen LogP contribution in [-0.2, 0) is 9.53 Å². The summed E-state index contributed by atoms with van der Waals surface area (Å²) in [4.78, 5) is 12.6. The Morgan fingerprint density at radius 1 is 1.37 bits per heavy atom. The molecule has 2 rings (SSSR count). The van der Waals surface area contributed by atoms with Gasteiger partial charge in [0.05, 0.1) is 5.41 Å². The second-order valence-electron chi connectivity index (χ2n) is 6.61. The second kappa shape index (κ2) is 6.74. The van der Waals surface area contributed by atoms with E-state index in [1.807, 2.05) is 0 Å². The number of esters is 1. The number of hydrogen-bond donors (Lipinski definition) is 1. The molecule has 0 amide bonds. The van der Waals surface area contributed by atoms with E-state index >= 15 is 0 Å². The van der Waals surface area contributed by atoms with Crippen LogP contribution in [0, 0.1) is 11.3 Å². The molecule has 1 aliphatic heterocycles. The zero-order valence-electron chi connectivity index (χ0n) is 12.5. The molecule has 1 N–H and O–H groups in total. The number of carbonyl (C=O) groups is 1. The molecule has 0 spiro atoms. The summed E-state index contributed by atoms with van der Waals surface area (Å²) in [5.74, 6) is 0.777. The number of piperidine rings is 1. The van der Waals surface area contributed by atoms with Crippen LogP contribution < -0.4 is 5.32 Å². The highest BCUT2D eigenvalue weighted by atomic mass is 16.5. The van der Waals surface area contributed by atoms with Crippen LogP contribution in [-0.4, -0.2) is 25.2 Å². The molecule has 1 saturated heterocycles. The fraction of sp³-hybridized carbons (Fsp3) is 0.938. The molecule has 3 unspecified atom stereocenters. The highest BCUT2D eigenvalue weighted by molar-refractivity contribution is 5.77. The summed E-state index contributed by atoms with van der Waals surface area (Å²) in [6.45, 7) is 6.28. The fourth-order valence-electron chi connectivity index (χ4n) is 3.70. The highest BCUT2D eigenvalue weighted by Crippen LogP contribution is 2.35. The molecule has 19 heavy (non-hydrogen) atoms. The maximum absolute atomic E-state index is 12.6. The topological polar surface area (TPSA) is 38.3 Å². The minimum absolute atomic E-state index is 0.0700. The summed E-state index contributed by atoms with van der Waals surface area (Å²) in [6, 6.07) is 0. The zero-order chi connectivity index (χ0) is 13.7. The maximum atomic E-state index is 12.6. The predicted octanol–water partition coefficient (Wildman–Crippen LogP) is 3.28. The van der Waals surface area contributed by atoms with Crippen molar-refractivity contribution in [1.29, 1.82) is 0 Å². The molecular formula is C16H29NO2. The molecule has 1 heterocycles. The standard InChI is InChI=1S/C16H29NO2/c1-3-8-16(9-5-10-17-12-16)15(18)19-14-7-4-6-13(2)11-14/h13-14,17H,3-12H2,1-2H3. The average Bonchev–Trinajstić information content (AvgIpc) is 2.40. The van der Waals surface area contributed by atoms with Crippen LogP contribution in [0.25, 0.3) is 0 Å². The lowest BCUT2D eigenvalue weighted by molar-refractivity contribution is -0.165. The van der Waals surface area contributed by atoms with Crippen molar-refractivity contribution in [1.82, 2.24) is 5.32 Å². The zero-order valence-corrected chi connectivity index (χ0v) is 12.5. The fourth-order valence-corrected chi connectivity index (χ4v) is 3.70. The molecule has 3 heteroatoms. The Bertz CT molecular complexity index is 292. The van der Waals surface area contributed by atoms with Gasteiger partial charge in [0.1, 0.15) is 6.10 Å². The normalized spacial score (nSPS) is 35.9. The summed E-state index contributed by atoms with van der Waals surface area (Å²) in [5.41, 5.74) is -0.242. The predicted molar refractivity (Wildman–Crippen MR) is 77.0 cm³/mol. The molecular weight excluding hydrogens is 238 g/mol. The van der Waals surface area contributed by atoms with Crippen molar-refractivity contribution >= 4 is 5.97 Å². The molecule has 0 bridgehead atoms. The molecule has 1 saturated carbocycles. The molecule has 0 aromatic carbocycles. The Balaban J connectivity index is 1.95. The largest absolute Gasteiger partial charge is 0.462 e. The molecule has 3 nitrogen and oxygen atoms in total. The van der Waals surface area contributed by atoms with Gasteiger partial charge in [-0.1, -0.05) is 26.7 Å². The van der Waals surface area contributed by atoms with Gasteiger partial charge < -0.3 is 10.1 Å². The highest BCUT2D eigenvalue weighted by Gasteiger charge is 2.41. The minimum Gasteiger partial charge on any atom is -0.462 e. The van der Waals surface area contributed by atoms with Crippen molar-refractivity contribution in [3.63, 3.8) is 0 Å². The van der Waals surface area contributed by atoms with Gasteiger partial charge in [-0.3, -0.25) is 4.79 Å². The van der Waals surface area contributed by atoms with Gasteiger partial charge in [0, 0.05) is 6.54 Å². The van der Waals surface area contributed by atoms with Crippen molar-refractivity contribution in [2.24, 2.45) is 11.3 Å². The van der Waals surface area contributed by atoms with E-state index in [9.17, 15) is 4.79 Å². The Morgan fingerprint density at radius 2 is 2.21 bits per heavy atom. The minimum atomic E-state index is -0.242. The number of nitrogens with one attached hydrogen (secondary N) is 1. The molecule has 0 aromatic heterocycles. The average molecular weight is 267 g/mol. The van der Waals surface area contributed by atoms with E-state index in [0.29, 0.717) is 5.92 Å². The first-order chi connectivity index (χ1) is 9.16. The van der Waals surface area contributed by atoms with Crippen LogP contribution in [0.15, 0.2) is 0 Å². The summed E-state index contributed by atoms with van der Waals surface area (Å²) >= 11 is 0. The Morgan fingerprint density at radius 3 is 2.84 bits per heavy atom. The number of rotatable bonds is 4. The van der Waals surface area contributed by atoms with Gasteiger partial charge >= 0.3 is 5.97 Å². The number of ether oxygens (including phenoxy) is 1. The summed E-state index contributed by atoms with van der Waals surface area (Å²) < 4.78 is 5.88. The van der Waals surface area contributed by atoms with Gasteiger partial charge in [0.2, 0.25) is 0 Å². The SMILES string of the molecule is CCCC1(C(=O)OC2CCCC(C)C2)CCCNC1. The molecule has 2 fully saturated rings. The van der Waals surface area contributed by atoms with Gasteiger partial charge in [-0.25, -0.2) is 0 Å². The second-order valence-corrected chi connectivity index (χ2v) is 6.61. The van der Waals surface area contributed by atoms with E-state index in [2.05, 4.69) is 19.2 Å². The molecule has 0 aromatic rings. The van der Waals surface area contributed by atoms with E-state index in [1.165, 1.54) is 12.8 Å². The van der Waals surface area contributed by atoms with Crippen LogP contribution >= 0.6 is 0 Å². The van der Waals surface area contributed by atoms with Crippen molar-refractivity contribution in [3.05, 3.63) is 0 Å². The molecule has 3 atom stereocenters. The Kier molecular flexibility index (Phi) is 5.26. The van der Waals surface area contributed by atoms with Crippen molar-refractivity contribution in [2.45, 2.75) is 71.3 Å². The quantitative estimate of drug-likeness (QED) is 0.794. The third kappa shape index (κ3) is 3.71. The first-order valence-electron chi connectivity index (χ1n) is 8.08. The third-order valence-electron chi connectivity index (χ3n) is 4.80. The summed E-state index contributed by atoms with van der Waals surface area (Å²) in [7, 11) is 0. The van der Waals surface area contributed by atoms with Crippen LogP contribution in [0.2, 0.25) is 0 Å². The number of carbonyl (C=O) groups excluding carboxylic acids is 1. The summed E-state index contributed by atoms with van der Waals surface area (Å²) in [6.07, 6.45) is 8.89. The first kappa shape index (κ1) is 14.8. The number of hydrogen-bond acceptors (Lipinski definition) is 3. The maximum Gasteiger partial charge on any atom is 0.313 e.